The summed E-state index contributed by atoms with van der Waals surface area (Å²) in [4.78, 5) is 11.8. The molecular weight excluding hydrogens is 312 g/mol. The van der Waals surface area contributed by atoms with Crippen molar-refractivity contribution in [1.82, 2.24) is 5.32 Å². The van der Waals surface area contributed by atoms with Crippen molar-refractivity contribution in [3.05, 3.63) is 58.1 Å². The molecule has 0 radical (unpaired) electrons. The third-order valence-corrected chi connectivity index (χ3v) is 3.94. The molecular formula is C18H21ClN2O2. The zero-order valence-electron chi connectivity index (χ0n) is 13.6. The number of carbonyl (C=O) groups is 1. The van der Waals surface area contributed by atoms with Gasteiger partial charge in [-0.25, -0.2) is 4.79 Å². The third-order valence-electron chi connectivity index (χ3n) is 3.34. The van der Waals surface area contributed by atoms with E-state index in [9.17, 15) is 4.79 Å². The van der Waals surface area contributed by atoms with Crippen molar-refractivity contribution >= 4 is 23.3 Å². The number of benzene rings is 2. The summed E-state index contributed by atoms with van der Waals surface area (Å²) in [6.45, 7) is 6.67. The SMILES string of the molecule is Cc1cccc(NC(=O)NCCOc2cc(C)c(Cl)c(C)c2)c1. The Labute approximate surface area is 141 Å². The van der Waals surface area contributed by atoms with Gasteiger partial charge in [-0.3, -0.25) is 0 Å². The second-order valence-electron chi connectivity index (χ2n) is 5.47. The van der Waals surface area contributed by atoms with Crippen molar-refractivity contribution in [3.63, 3.8) is 0 Å². The second kappa shape index (κ2) is 7.88. The van der Waals surface area contributed by atoms with Crippen LogP contribution < -0.4 is 15.4 Å². The fraction of sp³-hybridized carbons (Fsp3) is 0.278. The lowest BCUT2D eigenvalue weighted by atomic mass is 10.1. The molecule has 0 fully saturated rings. The Balaban J connectivity index is 1.76. The molecule has 0 spiro atoms. The molecule has 0 aliphatic heterocycles. The van der Waals surface area contributed by atoms with Gasteiger partial charge in [-0.05, 0) is 61.7 Å². The molecule has 2 aromatic carbocycles. The van der Waals surface area contributed by atoms with Gasteiger partial charge in [0.15, 0.2) is 0 Å². The molecule has 4 nitrogen and oxygen atoms in total. The fourth-order valence-corrected chi connectivity index (χ4v) is 2.33. The minimum Gasteiger partial charge on any atom is -0.492 e. The van der Waals surface area contributed by atoms with Crippen molar-refractivity contribution in [2.24, 2.45) is 0 Å². The number of urea groups is 1. The van der Waals surface area contributed by atoms with Crippen LogP contribution in [0.15, 0.2) is 36.4 Å². The van der Waals surface area contributed by atoms with Crippen LogP contribution in [0.25, 0.3) is 0 Å². The molecule has 0 heterocycles. The molecule has 2 amide bonds. The lowest BCUT2D eigenvalue weighted by molar-refractivity contribution is 0.247. The van der Waals surface area contributed by atoms with Gasteiger partial charge in [0, 0.05) is 10.7 Å². The van der Waals surface area contributed by atoms with Gasteiger partial charge in [0.1, 0.15) is 12.4 Å². The molecule has 23 heavy (non-hydrogen) atoms. The average Bonchev–Trinajstić information content (AvgIpc) is 2.49. The van der Waals surface area contributed by atoms with Crippen LogP contribution >= 0.6 is 11.6 Å². The quantitative estimate of drug-likeness (QED) is 0.794. The van der Waals surface area contributed by atoms with Crippen LogP contribution in [0.5, 0.6) is 5.75 Å². The maximum atomic E-state index is 11.8. The molecule has 0 aromatic heterocycles. The molecule has 0 saturated carbocycles. The van der Waals surface area contributed by atoms with Crippen molar-refractivity contribution in [2.45, 2.75) is 20.8 Å². The van der Waals surface area contributed by atoms with E-state index in [1.165, 1.54) is 0 Å². The lowest BCUT2D eigenvalue weighted by Gasteiger charge is -2.11. The Morgan fingerprint density at radius 3 is 2.48 bits per heavy atom. The number of amides is 2. The predicted molar refractivity (Wildman–Crippen MR) is 94.6 cm³/mol. The molecule has 5 heteroatoms. The number of halogens is 1. The van der Waals surface area contributed by atoms with E-state index >= 15 is 0 Å². The number of nitrogens with one attached hydrogen (secondary N) is 2. The van der Waals surface area contributed by atoms with Gasteiger partial charge < -0.3 is 15.4 Å². The van der Waals surface area contributed by atoms with Gasteiger partial charge in [-0.1, -0.05) is 23.7 Å². The topological polar surface area (TPSA) is 50.4 Å². The van der Waals surface area contributed by atoms with Gasteiger partial charge in [-0.15, -0.1) is 0 Å². The van der Waals surface area contributed by atoms with E-state index in [0.717, 1.165) is 33.1 Å². The van der Waals surface area contributed by atoms with Crippen LogP contribution in [0.4, 0.5) is 10.5 Å². The first-order valence-electron chi connectivity index (χ1n) is 7.47. The highest BCUT2D eigenvalue weighted by atomic mass is 35.5. The van der Waals surface area contributed by atoms with E-state index in [0.29, 0.717) is 13.2 Å². The highest BCUT2D eigenvalue weighted by Crippen LogP contribution is 2.25. The predicted octanol–water partition coefficient (Wildman–Crippen LogP) is 4.47. The van der Waals surface area contributed by atoms with Crippen molar-refractivity contribution < 1.29 is 9.53 Å². The first-order chi connectivity index (χ1) is 11.0. The number of hydrogen-bond acceptors (Lipinski definition) is 2. The number of carbonyl (C=O) groups excluding carboxylic acids is 1. The van der Waals surface area contributed by atoms with Crippen LogP contribution in [0, 0.1) is 20.8 Å². The standard InChI is InChI=1S/C18H21ClN2O2/c1-12-5-4-6-15(9-12)21-18(22)20-7-8-23-16-10-13(2)17(19)14(3)11-16/h4-6,9-11H,7-8H2,1-3H3,(H2,20,21,22). The number of ether oxygens (including phenoxy) is 1. The van der Waals surface area contributed by atoms with Gasteiger partial charge in [0.05, 0.1) is 6.54 Å². The van der Waals surface area contributed by atoms with Crippen LogP contribution in [0.2, 0.25) is 5.02 Å². The smallest absolute Gasteiger partial charge is 0.319 e. The molecule has 2 rings (SSSR count). The van der Waals surface area contributed by atoms with E-state index in [4.69, 9.17) is 16.3 Å². The molecule has 0 bridgehead atoms. The van der Waals surface area contributed by atoms with E-state index in [1.54, 1.807) is 0 Å². The van der Waals surface area contributed by atoms with E-state index < -0.39 is 0 Å². The maximum Gasteiger partial charge on any atom is 0.319 e. The Bertz CT molecular complexity index is 678. The number of hydrogen-bond donors (Lipinski definition) is 2. The number of aryl methyl sites for hydroxylation is 3. The lowest BCUT2D eigenvalue weighted by Crippen LogP contribution is -2.32. The highest BCUT2D eigenvalue weighted by molar-refractivity contribution is 6.32. The molecule has 2 N–H and O–H groups in total. The van der Waals surface area contributed by atoms with Gasteiger partial charge in [0.25, 0.3) is 0 Å². The van der Waals surface area contributed by atoms with E-state index in [2.05, 4.69) is 10.6 Å². The Morgan fingerprint density at radius 2 is 1.83 bits per heavy atom. The first-order valence-corrected chi connectivity index (χ1v) is 7.84. The fourth-order valence-electron chi connectivity index (χ4n) is 2.22. The summed E-state index contributed by atoms with van der Waals surface area (Å²) in [7, 11) is 0. The van der Waals surface area contributed by atoms with E-state index in [1.807, 2.05) is 57.2 Å². The molecule has 0 atom stereocenters. The average molecular weight is 333 g/mol. The van der Waals surface area contributed by atoms with E-state index in [-0.39, 0.29) is 6.03 Å². The van der Waals surface area contributed by atoms with Crippen LogP contribution in [-0.4, -0.2) is 19.2 Å². The van der Waals surface area contributed by atoms with Crippen LogP contribution in [0.3, 0.4) is 0 Å². The molecule has 2 aromatic rings. The largest absolute Gasteiger partial charge is 0.492 e. The molecule has 0 aliphatic rings. The molecule has 0 aliphatic carbocycles. The highest BCUT2D eigenvalue weighted by Gasteiger charge is 2.04. The summed E-state index contributed by atoms with van der Waals surface area (Å²) in [6, 6.07) is 11.2. The molecule has 0 saturated heterocycles. The van der Waals surface area contributed by atoms with Crippen LogP contribution in [-0.2, 0) is 0 Å². The first kappa shape index (κ1) is 17.2. The van der Waals surface area contributed by atoms with Crippen molar-refractivity contribution in [1.29, 1.82) is 0 Å². The Morgan fingerprint density at radius 1 is 1.13 bits per heavy atom. The van der Waals surface area contributed by atoms with Crippen LogP contribution in [0.1, 0.15) is 16.7 Å². The summed E-state index contributed by atoms with van der Waals surface area (Å²) in [5.74, 6) is 0.755. The Hall–Kier alpha value is -2.20. The maximum absolute atomic E-state index is 11.8. The van der Waals surface area contributed by atoms with Crippen molar-refractivity contribution in [2.75, 3.05) is 18.5 Å². The summed E-state index contributed by atoms with van der Waals surface area (Å²) >= 11 is 6.12. The Kier molecular flexibility index (Phi) is 5.88. The third kappa shape index (κ3) is 5.18. The zero-order valence-corrected chi connectivity index (χ0v) is 14.3. The monoisotopic (exact) mass is 332 g/mol. The summed E-state index contributed by atoms with van der Waals surface area (Å²) in [5, 5.41) is 6.30. The number of anilines is 1. The molecule has 0 unspecified atom stereocenters. The minimum atomic E-state index is -0.248. The number of rotatable bonds is 5. The van der Waals surface area contributed by atoms with Gasteiger partial charge in [0.2, 0.25) is 0 Å². The van der Waals surface area contributed by atoms with Gasteiger partial charge >= 0.3 is 6.03 Å². The van der Waals surface area contributed by atoms with Crippen molar-refractivity contribution in [3.8, 4) is 5.75 Å². The summed E-state index contributed by atoms with van der Waals surface area (Å²) in [5.41, 5.74) is 3.82. The summed E-state index contributed by atoms with van der Waals surface area (Å²) in [6.07, 6.45) is 0. The van der Waals surface area contributed by atoms with Gasteiger partial charge in [-0.2, -0.15) is 0 Å². The molecule has 122 valence electrons. The normalized spacial score (nSPS) is 10.3. The second-order valence-corrected chi connectivity index (χ2v) is 5.85. The summed E-state index contributed by atoms with van der Waals surface area (Å²) < 4.78 is 5.64. The zero-order chi connectivity index (χ0) is 16.8. The minimum absolute atomic E-state index is 0.248.